The van der Waals surface area contributed by atoms with Crippen molar-refractivity contribution >= 4 is 0 Å². The Labute approximate surface area is 137 Å². The van der Waals surface area contributed by atoms with Crippen LogP contribution in [0.15, 0.2) is 30.3 Å². The minimum absolute atomic E-state index is 0.640. The molecule has 0 heterocycles. The zero-order valence-electron chi connectivity index (χ0n) is 14.6. The lowest BCUT2D eigenvalue weighted by Gasteiger charge is -2.16. The molecule has 1 heteroatoms. The van der Waals surface area contributed by atoms with Gasteiger partial charge in [0.1, 0.15) is 0 Å². The maximum Gasteiger partial charge on any atom is 0.0624 e. The summed E-state index contributed by atoms with van der Waals surface area (Å²) in [6.45, 7) is 4.53. The monoisotopic (exact) mass is 299 g/mol. The number of nitriles is 1. The van der Waals surface area contributed by atoms with Gasteiger partial charge < -0.3 is 0 Å². The van der Waals surface area contributed by atoms with E-state index in [1.807, 2.05) is 0 Å². The summed E-state index contributed by atoms with van der Waals surface area (Å²) in [6, 6.07) is 13.3. The summed E-state index contributed by atoms with van der Waals surface area (Å²) < 4.78 is 0. The van der Waals surface area contributed by atoms with Crippen molar-refractivity contribution in [3.8, 4) is 6.07 Å². The van der Waals surface area contributed by atoms with Crippen molar-refractivity contribution in [3.05, 3.63) is 35.9 Å². The Balaban J connectivity index is 2.21. The van der Waals surface area contributed by atoms with E-state index in [0.29, 0.717) is 5.92 Å². The molecule has 122 valence electrons. The van der Waals surface area contributed by atoms with Crippen molar-refractivity contribution in [2.75, 3.05) is 0 Å². The zero-order chi connectivity index (χ0) is 16.0. The van der Waals surface area contributed by atoms with Gasteiger partial charge in [0.2, 0.25) is 0 Å². The summed E-state index contributed by atoms with van der Waals surface area (Å²) >= 11 is 0. The van der Waals surface area contributed by atoms with Crippen LogP contribution in [0, 0.1) is 17.2 Å². The SMILES string of the molecule is CCCC[C@H](CC#N)CCCCCC(CC)c1ccccc1. The summed E-state index contributed by atoms with van der Waals surface area (Å²) in [5, 5.41) is 8.92. The molecule has 22 heavy (non-hydrogen) atoms. The molecule has 0 saturated heterocycles. The van der Waals surface area contributed by atoms with E-state index in [9.17, 15) is 0 Å². The summed E-state index contributed by atoms with van der Waals surface area (Å²) in [7, 11) is 0. The molecular formula is C21H33N. The van der Waals surface area contributed by atoms with Gasteiger partial charge in [0.25, 0.3) is 0 Å². The molecule has 0 aromatic heterocycles. The van der Waals surface area contributed by atoms with Gasteiger partial charge in [-0.1, -0.05) is 76.3 Å². The molecule has 0 spiro atoms. The second-order valence-corrected chi connectivity index (χ2v) is 6.52. The summed E-state index contributed by atoms with van der Waals surface area (Å²) in [4.78, 5) is 0. The van der Waals surface area contributed by atoms with Crippen LogP contribution >= 0.6 is 0 Å². The third-order valence-electron chi connectivity index (χ3n) is 4.77. The molecule has 1 aromatic rings. The van der Waals surface area contributed by atoms with Crippen LogP contribution in [-0.2, 0) is 0 Å². The quantitative estimate of drug-likeness (QED) is 0.387. The predicted molar refractivity (Wildman–Crippen MR) is 95.8 cm³/mol. The van der Waals surface area contributed by atoms with Crippen LogP contribution in [0.4, 0.5) is 0 Å². The van der Waals surface area contributed by atoms with Gasteiger partial charge in [0.05, 0.1) is 6.07 Å². The van der Waals surface area contributed by atoms with Gasteiger partial charge in [0.15, 0.2) is 0 Å². The van der Waals surface area contributed by atoms with Crippen molar-refractivity contribution in [1.82, 2.24) is 0 Å². The maximum atomic E-state index is 8.92. The molecule has 0 amide bonds. The molecule has 1 rings (SSSR count). The fraction of sp³-hybridized carbons (Fsp3) is 0.667. The first kappa shape index (κ1) is 18.8. The highest BCUT2D eigenvalue weighted by atomic mass is 14.2. The molecule has 0 aliphatic carbocycles. The molecule has 1 unspecified atom stereocenters. The number of hydrogen-bond acceptors (Lipinski definition) is 1. The second-order valence-electron chi connectivity index (χ2n) is 6.52. The fourth-order valence-electron chi connectivity index (χ4n) is 3.30. The highest BCUT2D eigenvalue weighted by Crippen LogP contribution is 2.26. The Hall–Kier alpha value is -1.29. The van der Waals surface area contributed by atoms with Crippen molar-refractivity contribution in [1.29, 1.82) is 5.26 Å². The van der Waals surface area contributed by atoms with Crippen LogP contribution in [0.25, 0.3) is 0 Å². The summed E-state index contributed by atoms with van der Waals surface area (Å²) in [5.74, 6) is 1.36. The summed E-state index contributed by atoms with van der Waals surface area (Å²) in [6.07, 6.45) is 12.2. The normalized spacial score (nSPS) is 13.5. The smallest absolute Gasteiger partial charge is 0.0624 e. The molecular weight excluding hydrogens is 266 g/mol. The molecule has 0 bridgehead atoms. The topological polar surface area (TPSA) is 23.8 Å². The average Bonchev–Trinajstić information content (AvgIpc) is 2.56. The van der Waals surface area contributed by atoms with Crippen LogP contribution in [0.5, 0.6) is 0 Å². The molecule has 0 radical (unpaired) electrons. The van der Waals surface area contributed by atoms with Crippen molar-refractivity contribution in [2.45, 2.75) is 84.0 Å². The van der Waals surface area contributed by atoms with Gasteiger partial charge in [-0.2, -0.15) is 5.26 Å². The van der Waals surface area contributed by atoms with E-state index in [1.54, 1.807) is 0 Å². The lowest BCUT2D eigenvalue weighted by atomic mass is 9.89. The van der Waals surface area contributed by atoms with Gasteiger partial charge in [0, 0.05) is 6.42 Å². The highest BCUT2D eigenvalue weighted by molar-refractivity contribution is 5.19. The number of benzene rings is 1. The first-order valence-corrected chi connectivity index (χ1v) is 9.23. The molecule has 0 fully saturated rings. The van der Waals surface area contributed by atoms with Crippen molar-refractivity contribution in [3.63, 3.8) is 0 Å². The number of rotatable bonds is 12. The third kappa shape index (κ3) is 7.64. The molecule has 0 saturated carbocycles. The highest BCUT2D eigenvalue weighted by Gasteiger charge is 2.10. The van der Waals surface area contributed by atoms with E-state index >= 15 is 0 Å². The van der Waals surface area contributed by atoms with Crippen LogP contribution < -0.4 is 0 Å². The summed E-state index contributed by atoms with van der Waals surface area (Å²) in [5.41, 5.74) is 1.50. The van der Waals surface area contributed by atoms with Crippen LogP contribution in [0.2, 0.25) is 0 Å². The predicted octanol–water partition coefficient (Wildman–Crippen LogP) is 6.85. The minimum atomic E-state index is 0.640. The third-order valence-corrected chi connectivity index (χ3v) is 4.77. The minimum Gasteiger partial charge on any atom is -0.198 e. The van der Waals surface area contributed by atoms with Crippen LogP contribution in [-0.4, -0.2) is 0 Å². The molecule has 0 aliphatic rings. The van der Waals surface area contributed by atoms with E-state index in [1.165, 1.54) is 63.4 Å². The molecule has 1 aromatic carbocycles. The van der Waals surface area contributed by atoms with Gasteiger partial charge in [-0.05, 0) is 43.1 Å². The van der Waals surface area contributed by atoms with Gasteiger partial charge in [-0.15, -0.1) is 0 Å². The first-order chi connectivity index (χ1) is 10.8. The maximum absolute atomic E-state index is 8.92. The van der Waals surface area contributed by atoms with E-state index in [0.717, 1.165) is 12.3 Å². The average molecular weight is 300 g/mol. The van der Waals surface area contributed by atoms with Gasteiger partial charge in [-0.3, -0.25) is 0 Å². The fourth-order valence-corrected chi connectivity index (χ4v) is 3.30. The largest absolute Gasteiger partial charge is 0.198 e. The molecule has 2 atom stereocenters. The Morgan fingerprint density at radius 2 is 1.59 bits per heavy atom. The Morgan fingerprint density at radius 1 is 0.909 bits per heavy atom. The Kier molecular flexibility index (Phi) is 10.5. The van der Waals surface area contributed by atoms with Crippen LogP contribution in [0.3, 0.4) is 0 Å². The van der Waals surface area contributed by atoms with E-state index in [-0.39, 0.29) is 0 Å². The van der Waals surface area contributed by atoms with Crippen LogP contribution in [0.1, 0.15) is 89.5 Å². The lowest BCUT2D eigenvalue weighted by Crippen LogP contribution is -2.00. The molecule has 0 N–H and O–H groups in total. The zero-order valence-corrected chi connectivity index (χ0v) is 14.6. The standard InChI is InChI=1S/C21H33N/c1-3-5-12-19(17-18-22)13-8-6-9-14-20(4-2)21-15-10-7-11-16-21/h7,10-11,15-16,19-20H,3-6,8-9,12-14,17H2,1-2H3/t19-,20?/m0/s1. The van der Waals surface area contributed by atoms with E-state index < -0.39 is 0 Å². The van der Waals surface area contributed by atoms with Gasteiger partial charge in [-0.25, -0.2) is 0 Å². The van der Waals surface area contributed by atoms with E-state index in [2.05, 4.69) is 50.2 Å². The molecule has 1 nitrogen and oxygen atoms in total. The van der Waals surface area contributed by atoms with Crippen molar-refractivity contribution in [2.24, 2.45) is 5.92 Å². The first-order valence-electron chi connectivity index (χ1n) is 9.23. The number of hydrogen-bond donors (Lipinski definition) is 0. The number of nitrogens with zero attached hydrogens (tertiary/aromatic N) is 1. The van der Waals surface area contributed by atoms with E-state index in [4.69, 9.17) is 5.26 Å². The second kappa shape index (κ2) is 12.3. The molecule has 0 aliphatic heterocycles. The van der Waals surface area contributed by atoms with Gasteiger partial charge >= 0.3 is 0 Å². The Morgan fingerprint density at radius 3 is 2.23 bits per heavy atom. The Bertz CT molecular complexity index is 404. The lowest BCUT2D eigenvalue weighted by molar-refractivity contribution is 0.414. The number of unbranched alkanes of at least 4 members (excludes halogenated alkanes) is 3. The van der Waals surface area contributed by atoms with Crippen molar-refractivity contribution < 1.29 is 0 Å².